The highest BCUT2D eigenvalue weighted by atomic mass is 79.9. The van der Waals surface area contributed by atoms with Crippen LogP contribution in [0.3, 0.4) is 0 Å². The van der Waals surface area contributed by atoms with E-state index in [1.54, 1.807) is 36.4 Å². The van der Waals surface area contributed by atoms with Crippen molar-refractivity contribution in [2.24, 2.45) is 0 Å². The van der Waals surface area contributed by atoms with Gasteiger partial charge in [0.2, 0.25) is 6.54 Å². The molecule has 8 nitrogen and oxygen atoms in total. The van der Waals surface area contributed by atoms with E-state index in [1.807, 2.05) is 30.5 Å². The van der Waals surface area contributed by atoms with Gasteiger partial charge in [-0.05, 0) is 89.4 Å². The van der Waals surface area contributed by atoms with Crippen LogP contribution in [0.15, 0.2) is 70.3 Å². The Morgan fingerprint density at radius 2 is 1.84 bits per heavy atom. The molecule has 0 aliphatic rings. The number of hydrogen-bond donors (Lipinski definition) is 0. The molecule has 0 saturated heterocycles. The lowest BCUT2D eigenvalue weighted by atomic mass is 10.1. The van der Waals surface area contributed by atoms with Crippen LogP contribution >= 0.6 is 39.3 Å². The van der Waals surface area contributed by atoms with Gasteiger partial charge in [0.15, 0.2) is 16.7 Å². The van der Waals surface area contributed by atoms with E-state index in [2.05, 4.69) is 26.1 Å². The minimum Gasteiger partial charge on any atom is -0.490 e. The summed E-state index contributed by atoms with van der Waals surface area (Å²) < 4.78 is 27.5. The van der Waals surface area contributed by atoms with Gasteiger partial charge in [0.25, 0.3) is 0 Å². The zero-order valence-electron chi connectivity index (χ0n) is 20.4. The predicted molar refractivity (Wildman–Crippen MR) is 148 cm³/mol. The Hall–Kier alpha value is -3.15. The zero-order valence-corrected chi connectivity index (χ0v) is 23.6. The highest BCUT2D eigenvalue weighted by Gasteiger charge is 2.26. The molecule has 0 aliphatic heterocycles. The molecular formula is C26H23BrClFN4O4S. The Kier molecular flexibility index (Phi) is 9.24. The molecule has 1 atom stereocenters. The Balaban J connectivity index is 1.66. The molecule has 4 rings (SSSR count). The lowest BCUT2D eigenvalue weighted by Crippen LogP contribution is -2.12. The average Bonchev–Trinajstić information content (AvgIpc) is 3.24. The Bertz CT molecular complexity index is 1420. The second-order valence-electron chi connectivity index (χ2n) is 8.14. The van der Waals surface area contributed by atoms with Crippen molar-refractivity contribution in [2.75, 3.05) is 13.2 Å². The number of nitro groups is 1. The fourth-order valence-corrected chi connectivity index (χ4v) is 5.55. The molecule has 38 heavy (non-hydrogen) atoms. The van der Waals surface area contributed by atoms with Crippen LogP contribution < -0.4 is 9.47 Å². The van der Waals surface area contributed by atoms with E-state index in [0.29, 0.717) is 44.1 Å². The number of aryl methyl sites for hydroxylation is 1. The van der Waals surface area contributed by atoms with Gasteiger partial charge in [-0.2, -0.15) is 0 Å². The van der Waals surface area contributed by atoms with E-state index < -0.39 is 5.25 Å². The number of aromatic nitrogens is 3. The van der Waals surface area contributed by atoms with E-state index >= 15 is 0 Å². The van der Waals surface area contributed by atoms with Crippen LogP contribution in [-0.4, -0.2) is 32.8 Å². The molecule has 1 aromatic heterocycles. The molecule has 0 amide bonds. The van der Waals surface area contributed by atoms with Gasteiger partial charge in [-0.3, -0.25) is 14.7 Å². The minimum atomic E-state index is -0.610. The number of thioether (sulfide) groups is 1. The summed E-state index contributed by atoms with van der Waals surface area (Å²) in [6.07, 6.45) is 0. The molecule has 0 unspecified atom stereocenters. The largest absolute Gasteiger partial charge is 0.490 e. The van der Waals surface area contributed by atoms with Crippen molar-refractivity contribution in [1.29, 1.82) is 0 Å². The molecule has 0 N–H and O–H groups in total. The summed E-state index contributed by atoms with van der Waals surface area (Å²) in [6, 6.07) is 16.7. The van der Waals surface area contributed by atoms with Crippen LogP contribution in [0.25, 0.3) is 5.69 Å². The van der Waals surface area contributed by atoms with Crippen molar-refractivity contribution < 1.29 is 18.8 Å². The second-order valence-corrected chi connectivity index (χ2v) is 10.6. The van der Waals surface area contributed by atoms with Crippen molar-refractivity contribution in [3.05, 3.63) is 103 Å². The Labute approximate surface area is 236 Å². The second kappa shape index (κ2) is 12.6. The topological polar surface area (TPSA) is 92.3 Å². The van der Waals surface area contributed by atoms with Crippen LogP contribution in [-0.2, 0) is 6.61 Å². The van der Waals surface area contributed by atoms with Crippen molar-refractivity contribution >= 4 is 39.3 Å². The van der Waals surface area contributed by atoms with E-state index in [1.165, 1.54) is 23.9 Å². The molecule has 0 saturated carbocycles. The minimum absolute atomic E-state index is 0.189. The van der Waals surface area contributed by atoms with E-state index in [9.17, 15) is 14.5 Å². The first-order valence-electron chi connectivity index (χ1n) is 11.5. The monoisotopic (exact) mass is 620 g/mol. The molecule has 0 aliphatic carbocycles. The molecule has 0 bridgehead atoms. The molecule has 0 radical (unpaired) electrons. The molecule has 0 fully saturated rings. The highest BCUT2D eigenvalue weighted by Crippen LogP contribution is 2.43. The van der Waals surface area contributed by atoms with Gasteiger partial charge in [0.05, 0.1) is 11.1 Å². The summed E-state index contributed by atoms with van der Waals surface area (Å²) in [5, 5.41) is 20.6. The van der Waals surface area contributed by atoms with E-state index in [4.69, 9.17) is 21.1 Å². The maximum atomic E-state index is 13.3. The summed E-state index contributed by atoms with van der Waals surface area (Å²) >= 11 is 10.8. The summed E-state index contributed by atoms with van der Waals surface area (Å²) in [6.45, 7) is 3.84. The third-order valence-electron chi connectivity index (χ3n) is 5.44. The maximum Gasteiger partial charge on any atom is 0.220 e. The predicted octanol–water partition coefficient (Wildman–Crippen LogP) is 7.22. The van der Waals surface area contributed by atoms with Crippen LogP contribution in [0.2, 0.25) is 5.02 Å². The summed E-state index contributed by atoms with van der Waals surface area (Å²) in [5.41, 5.74) is 2.22. The number of rotatable bonds is 11. The first-order chi connectivity index (χ1) is 18.2. The molecule has 1 heterocycles. The number of nitrogens with zero attached hydrogens (tertiary/aromatic N) is 4. The number of halogens is 3. The lowest BCUT2D eigenvalue weighted by Gasteiger charge is -2.19. The smallest absolute Gasteiger partial charge is 0.220 e. The van der Waals surface area contributed by atoms with Gasteiger partial charge in [0, 0.05) is 15.6 Å². The zero-order chi connectivity index (χ0) is 27.2. The number of hydrogen-bond acceptors (Lipinski definition) is 7. The SMILES string of the molecule is CCOc1cc([C@@H](C[N+](=O)[O-])Sc2nnc(C)n2-c2ccc(Cl)cc2)cc(Br)c1OCc1ccc(F)cc1. The molecule has 12 heteroatoms. The maximum absolute atomic E-state index is 13.3. The van der Waals surface area contributed by atoms with Crippen LogP contribution in [0, 0.1) is 22.9 Å². The fraction of sp³-hybridized carbons (Fsp3) is 0.231. The van der Waals surface area contributed by atoms with Gasteiger partial charge >= 0.3 is 0 Å². The van der Waals surface area contributed by atoms with Crippen molar-refractivity contribution in [3.63, 3.8) is 0 Å². The third-order valence-corrected chi connectivity index (χ3v) is 7.46. The van der Waals surface area contributed by atoms with E-state index in [-0.39, 0.29) is 23.9 Å². The molecule has 0 spiro atoms. The lowest BCUT2D eigenvalue weighted by molar-refractivity contribution is -0.479. The molecule has 198 valence electrons. The summed E-state index contributed by atoms with van der Waals surface area (Å²) in [5.74, 6) is 1.19. The highest BCUT2D eigenvalue weighted by molar-refractivity contribution is 9.10. The van der Waals surface area contributed by atoms with Crippen molar-refractivity contribution in [2.45, 2.75) is 30.9 Å². The molecule has 3 aromatic carbocycles. The van der Waals surface area contributed by atoms with Crippen LogP contribution in [0.5, 0.6) is 11.5 Å². The Morgan fingerprint density at radius 1 is 1.13 bits per heavy atom. The van der Waals surface area contributed by atoms with Gasteiger partial charge in [-0.1, -0.05) is 35.5 Å². The van der Waals surface area contributed by atoms with Crippen LogP contribution in [0.4, 0.5) is 4.39 Å². The summed E-state index contributed by atoms with van der Waals surface area (Å²) in [7, 11) is 0. The third kappa shape index (κ3) is 6.83. The van der Waals surface area contributed by atoms with Crippen molar-refractivity contribution in [3.8, 4) is 17.2 Å². The number of benzene rings is 3. The Morgan fingerprint density at radius 3 is 2.50 bits per heavy atom. The van der Waals surface area contributed by atoms with E-state index in [0.717, 1.165) is 11.3 Å². The first-order valence-corrected chi connectivity index (χ1v) is 13.6. The first kappa shape index (κ1) is 27.9. The van der Waals surface area contributed by atoms with Gasteiger partial charge in [-0.15, -0.1) is 10.2 Å². The molecule has 4 aromatic rings. The van der Waals surface area contributed by atoms with Gasteiger partial charge in [-0.25, -0.2) is 4.39 Å². The molecular weight excluding hydrogens is 599 g/mol. The standard InChI is InChI=1S/C26H23BrClFN4O4S/c1-3-36-23-13-18(12-22(27)25(23)37-15-17-4-8-20(29)9-5-17)24(14-32(34)35)38-26-31-30-16(2)33(26)21-10-6-19(28)7-11-21/h4-13,24H,3,14-15H2,1-2H3/t24-/m1/s1. The normalized spacial score (nSPS) is 11.8. The van der Waals surface area contributed by atoms with Crippen molar-refractivity contribution in [1.82, 2.24) is 14.8 Å². The number of ether oxygens (including phenoxy) is 2. The van der Waals surface area contributed by atoms with Gasteiger partial charge in [0.1, 0.15) is 23.5 Å². The van der Waals surface area contributed by atoms with Crippen LogP contribution in [0.1, 0.15) is 29.1 Å². The fourth-order valence-electron chi connectivity index (χ4n) is 3.69. The quantitative estimate of drug-likeness (QED) is 0.0992. The average molecular weight is 622 g/mol. The van der Waals surface area contributed by atoms with Gasteiger partial charge < -0.3 is 9.47 Å². The summed E-state index contributed by atoms with van der Waals surface area (Å²) in [4.78, 5) is 11.3.